The van der Waals surface area contributed by atoms with Crippen LogP contribution in [0.2, 0.25) is 0 Å². The van der Waals surface area contributed by atoms with Crippen LogP contribution in [0.3, 0.4) is 0 Å². The second-order valence-corrected chi connectivity index (χ2v) is 6.88. The molecule has 0 aromatic heterocycles. The number of hydrogen-bond donors (Lipinski definition) is 1. The van der Waals surface area contributed by atoms with Gasteiger partial charge in [0.2, 0.25) is 0 Å². The Hall–Kier alpha value is -2.36. The van der Waals surface area contributed by atoms with Crippen molar-refractivity contribution in [2.45, 2.75) is 51.6 Å². The highest BCUT2D eigenvalue weighted by atomic mass is 19.1. The van der Waals surface area contributed by atoms with Gasteiger partial charge in [-0.25, -0.2) is 4.39 Å². The van der Waals surface area contributed by atoms with Crippen molar-refractivity contribution in [2.75, 3.05) is 6.54 Å². The lowest BCUT2D eigenvalue weighted by atomic mass is 9.91. The Morgan fingerprint density at radius 2 is 1.92 bits per heavy atom. The molecule has 0 fully saturated rings. The van der Waals surface area contributed by atoms with Crippen molar-refractivity contribution in [1.82, 2.24) is 5.32 Å². The highest BCUT2D eigenvalue weighted by molar-refractivity contribution is 5.80. The summed E-state index contributed by atoms with van der Waals surface area (Å²) in [5.41, 5.74) is 3.68. The smallest absolute Gasteiger partial charge is 0.260 e. The Morgan fingerprint density at radius 3 is 2.73 bits per heavy atom. The molecule has 2 aromatic carbocycles. The number of aryl methyl sites for hydroxylation is 2. The molecule has 0 unspecified atom stereocenters. The molecule has 3 rings (SSSR count). The summed E-state index contributed by atoms with van der Waals surface area (Å²) in [5, 5.41) is 2.93. The van der Waals surface area contributed by atoms with Crippen molar-refractivity contribution < 1.29 is 13.9 Å². The molecule has 138 valence electrons. The third-order valence-corrected chi connectivity index (χ3v) is 4.88. The normalized spacial score (nSPS) is 14.4. The fraction of sp³-hybridized carbons (Fsp3) is 0.409. The first kappa shape index (κ1) is 18.4. The minimum atomic E-state index is -0.519. The zero-order valence-corrected chi connectivity index (χ0v) is 15.3. The molecule has 1 amide bonds. The van der Waals surface area contributed by atoms with E-state index in [1.54, 1.807) is 19.1 Å². The predicted molar refractivity (Wildman–Crippen MR) is 101 cm³/mol. The molecule has 26 heavy (non-hydrogen) atoms. The Morgan fingerprint density at radius 1 is 1.15 bits per heavy atom. The third-order valence-electron chi connectivity index (χ3n) is 4.88. The van der Waals surface area contributed by atoms with E-state index >= 15 is 0 Å². The number of carbonyl (C=O) groups is 1. The molecule has 1 aliphatic rings. The summed E-state index contributed by atoms with van der Waals surface area (Å²) in [6.07, 6.45) is 5.62. The van der Waals surface area contributed by atoms with Crippen LogP contribution in [-0.4, -0.2) is 18.6 Å². The lowest BCUT2D eigenvalue weighted by molar-refractivity contribution is -0.127. The van der Waals surface area contributed by atoms with Crippen molar-refractivity contribution >= 4 is 5.91 Å². The van der Waals surface area contributed by atoms with Gasteiger partial charge in [-0.3, -0.25) is 4.79 Å². The number of rotatable bonds is 7. The lowest BCUT2D eigenvalue weighted by Gasteiger charge is -2.22. The topological polar surface area (TPSA) is 38.3 Å². The van der Waals surface area contributed by atoms with Gasteiger partial charge in [-0.15, -0.1) is 0 Å². The van der Waals surface area contributed by atoms with Crippen LogP contribution in [0.25, 0.3) is 0 Å². The van der Waals surface area contributed by atoms with E-state index in [2.05, 4.69) is 11.4 Å². The summed E-state index contributed by atoms with van der Waals surface area (Å²) in [5.74, 6) is 0.518. The van der Waals surface area contributed by atoms with Crippen molar-refractivity contribution in [3.63, 3.8) is 0 Å². The number of ether oxygens (including phenoxy) is 1. The number of halogens is 1. The molecule has 0 heterocycles. The predicted octanol–water partition coefficient (Wildman–Crippen LogP) is 4.22. The van der Waals surface area contributed by atoms with Crippen LogP contribution in [0.15, 0.2) is 42.5 Å². The first-order valence-electron chi connectivity index (χ1n) is 9.43. The van der Waals surface area contributed by atoms with E-state index < -0.39 is 6.10 Å². The van der Waals surface area contributed by atoms with Gasteiger partial charge in [0.1, 0.15) is 11.6 Å². The largest absolute Gasteiger partial charge is 0.481 e. The summed E-state index contributed by atoms with van der Waals surface area (Å²) in [7, 11) is 0. The number of hydrogen-bond acceptors (Lipinski definition) is 2. The number of benzene rings is 2. The van der Waals surface area contributed by atoms with E-state index in [0.29, 0.717) is 6.54 Å². The van der Waals surface area contributed by atoms with Crippen molar-refractivity contribution in [2.24, 2.45) is 0 Å². The monoisotopic (exact) mass is 355 g/mol. The molecule has 0 radical (unpaired) electrons. The molecule has 1 aliphatic carbocycles. The van der Waals surface area contributed by atoms with Gasteiger partial charge >= 0.3 is 0 Å². The zero-order chi connectivity index (χ0) is 18.4. The minimum Gasteiger partial charge on any atom is -0.481 e. The summed E-state index contributed by atoms with van der Waals surface area (Å²) < 4.78 is 18.8. The molecular weight excluding hydrogens is 329 g/mol. The standard InChI is InChI=1S/C22H26FNO2/c1-16(26-21-10-4-8-18-7-2-3-9-20(18)21)22(25)24-15-5-6-17-11-13-19(23)14-12-17/h4,8,10-14,16H,2-3,5-7,9,15H2,1H3,(H,24,25)/t16-/m1/s1. The molecule has 0 spiro atoms. The van der Waals surface area contributed by atoms with E-state index in [1.165, 1.54) is 36.1 Å². The first-order chi connectivity index (χ1) is 12.6. The average Bonchev–Trinajstić information content (AvgIpc) is 2.66. The molecular formula is C22H26FNO2. The molecule has 2 aromatic rings. The number of carbonyl (C=O) groups excluding carboxylic acids is 1. The van der Waals surface area contributed by atoms with Crippen LogP contribution in [0.4, 0.5) is 4.39 Å². The van der Waals surface area contributed by atoms with Crippen LogP contribution in [0, 0.1) is 5.82 Å². The van der Waals surface area contributed by atoms with Crippen LogP contribution < -0.4 is 10.1 Å². The van der Waals surface area contributed by atoms with Crippen molar-refractivity contribution in [3.8, 4) is 5.75 Å². The fourth-order valence-electron chi connectivity index (χ4n) is 3.40. The number of nitrogens with one attached hydrogen (secondary N) is 1. The second kappa shape index (κ2) is 8.84. The Balaban J connectivity index is 1.45. The van der Waals surface area contributed by atoms with E-state index in [4.69, 9.17) is 4.74 Å². The van der Waals surface area contributed by atoms with Gasteiger partial charge in [-0.05, 0) is 80.3 Å². The van der Waals surface area contributed by atoms with Crippen LogP contribution in [0.5, 0.6) is 5.75 Å². The summed E-state index contributed by atoms with van der Waals surface area (Å²) in [4.78, 5) is 12.3. The molecule has 3 nitrogen and oxygen atoms in total. The van der Waals surface area contributed by atoms with Crippen LogP contribution in [0.1, 0.15) is 42.9 Å². The van der Waals surface area contributed by atoms with E-state index in [1.807, 2.05) is 12.1 Å². The molecule has 0 saturated carbocycles. The highest BCUT2D eigenvalue weighted by Gasteiger charge is 2.19. The first-order valence-corrected chi connectivity index (χ1v) is 9.43. The Labute approximate surface area is 154 Å². The van der Waals surface area contributed by atoms with Gasteiger partial charge < -0.3 is 10.1 Å². The quantitative estimate of drug-likeness (QED) is 0.755. The third kappa shape index (κ3) is 4.84. The SMILES string of the molecule is C[C@@H](Oc1cccc2c1CCCC2)C(=O)NCCCc1ccc(F)cc1. The maximum atomic E-state index is 12.9. The molecule has 4 heteroatoms. The van der Waals surface area contributed by atoms with Crippen molar-refractivity contribution in [3.05, 3.63) is 65.0 Å². The molecule has 1 N–H and O–H groups in total. The maximum absolute atomic E-state index is 12.9. The molecule has 0 aliphatic heterocycles. The van der Waals surface area contributed by atoms with Crippen LogP contribution in [-0.2, 0) is 24.1 Å². The molecule has 1 atom stereocenters. The van der Waals surface area contributed by atoms with E-state index in [-0.39, 0.29) is 11.7 Å². The minimum absolute atomic E-state index is 0.0995. The summed E-state index contributed by atoms with van der Waals surface area (Å²) in [6, 6.07) is 12.6. The Bertz CT molecular complexity index is 742. The molecule has 0 bridgehead atoms. The zero-order valence-electron chi connectivity index (χ0n) is 15.3. The number of fused-ring (bicyclic) bond motifs is 1. The fourth-order valence-corrected chi connectivity index (χ4v) is 3.40. The maximum Gasteiger partial charge on any atom is 0.260 e. The van der Waals surface area contributed by atoms with Gasteiger partial charge in [0.15, 0.2) is 6.10 Å². The van der Waals surface area contributed by atoms with Gasteiger partial charge in [0, 0.05) is 6.54 Å². The van der Waals surface area contributed by atoms with Crippen LogP contribution >= 0.6 is 0 Å². The van der Waals surface area contributed by atoms with Crippen molar-refractivity contribution in [1.29, 1.82) is 0 Å². The summed E-state index contributed by atoms with van der Waals surface area (Å²) in [6.45, 7) is 2.37. The second-order valence-electron chi connectivity index (χ2n) is 6.88. The van der Waals surface area contributed by atoms with Gasteiger partial charge in [-0.2, -0.15) is 0 Å². The number of amides is 1. The van der Waals surface area contributed by atoms with E-state index in [0.717, 1.165) is 37.0 Å². The molecule has 0 saturated heterocycles. The summed E-state index contributed by atoms with van der Waals surface area (Å²) >= 11 is 0. The van der Waals surface area contributed by atoms with Gasteiger partial charge in [-0.1, -0.05) is 24.3 Å². The highest BCUT2D eigenvalue weighted by Crippen LogP contribution is 2.30. The van der Waals surface area contributed by atoms with E-state index in [9.17, 15) is 9.18 Å². The van der Waals surface area contributed by atoms with Gasteiger partial charge in [0.05, 0.1) is 0 Å². The lowest BCUT2D eigenvalue weighted by Crippen LogP contribution is -2.37. The average molecular weight is 355 g/mol. The Kier molecular flexibility index (Phi) is 6.26. The van der Waals surface area contributed by atoms with Gasteiger partial charge in [0.25, 0.3) is 5.91 Å².